The van der Waals surface area contributed by atoms with E-state index in [1.807, 2.05) is 31.2 Å². The Morgan fingerprint density at radius 2 is 1.69 bits per heavy atom. The molecule has 1 heterocycles. The minimum atomic E-state index is -3.52. The molecule has 1 aliphatic rings. The molecule has 156 valence electrons. The van der Waals surface area contributed by atoms with E-state index in [0.717, 1.165) is 16.9 Å². The number of nitrogens with zero attached hydrogens (tertiary/aromatic N) is 2. The van der Waals surface area contributed by atoms with Gasteiger partial charge in [-0.3, -0.25) is 4.79 Å². The molecule has 0 atom stereocenters. The number of amides is 1. The Kier molecular flexibility index (Phi) is 6.89. The first kappa shape index (κ1) is 21.3. The van der Waals surface area contributed by atoms with Gasteiger partial charge in [-0.05, 0) is 25.1 Å². The lowest BCUT2D eigenvalue weighted by Crippen LogP contribution is -2.52. The molecule has 0 spiro atoms. The first-order chi connectivity index (χ1) is 13.9. The van der Waals surface area contributed by atoms with Crippen LogP contribution >= 0.6 is 0 Å². The smallest absolute Gasteiger partial charge is 0.243 e. The summed E-state index contributed by atoms with van der Waals surface area (Å²) in [4.78, 5) is 14.5. The van der Waals surface area contributed by atoms with E-state index in [1.165, 1.54) is 4.31 Å². The predicted octanol–water partition coefficient (Wildman–Crippen LogP) is 1.63. The number of ether oxygens (including phenoxy) is 1. The van der Waals surface area contributed by atoms with E-state index in [4.69, 9.17) is 4.74 Å². The topological polar surface area (TPSA) is 79.0 Å². The highest BCUT2D eigenvalue weighted by Gasteiger charge is 2.29. The standard InChI is InChI=1S/C21H27N3O4S/c1-17-7-9-19(10-8-17)29(26,27)24-13-11-23(12-14-24)21(25)16-22-15-18-5-3-4-6-20(18)28-2/h3-10,22H,11-16H2,1-2H3. The van der Waals surface area contributed by atoms with Crippen LogP contribution in [0.1, 0.15) is 11.1 Å². The highest BCUT2D eigenvalue weighted by atomic mass is 32.2. The van der Waals surface area contributed by atoms with Gasteiger partial charge >= 0.3 is 0 Å². The van der Waals surface area contributed by atoms with Gasteiger partial charge < -0.3 is 15.0 Å². The summed E-state index contributed by atoms with van der Waals surface area (Å²) in [6.07, 6.45) is 0. The Morgan fingerprint density at radius 1 is 1.03 bits per heavy atom. The van der Waals surface area contributed by atoms with Crippen LogP contribution in [-0.2, 0) is 21.4 Å². The van der Waals surface area contributed by atoms with Gasteiger partial charge in [0.25, 0.3) is 0 Å². The number of nitrogens with one attached hydrogen (secondary N) is 1. The molecule has 0 saturated carbocycles. The first-order valence-electron chi connectivity index (χ1n) is 9.59. The molecule has 2 aromatic rings. The van der Waals surface area contributed by atoms with Gasteiger partial charge in [-0.25, -0.2) is 8.42 Å². The van der Waals surface area contributed by atoms with Crippen molar-refractivity contribution in [3.63, 3.8) is 0 Å². The van der Waals surface area contributed by atoms with Gasteiger partial charge in [0, 0.05) is 38.3 Å². The van der Waals surface area contributed by atoms with Crippen LogP contribution in [0.25, 0.3) is 0 Å². The molecule has 1 saturated heterocycles. The van der Waals surface area contributed by atoms with Crippen LogP contribution in [0.2, 0.25) is 0 Å². The van der Waals surface area contributed by atoms with Crippen molar-refractivity contribution in [2.45, 2.75) is 18.4 Å². The second-order valence-electron chi connectivity index (χ2n) is 7.01. The van der Waals surface area contributed by atoms with Crippen LogP contribution < -0.4 is 10.1 Å². The van der Waals surface area contributed by atoms with Crippen molar-refractivity contribution in [3.05, 3.63) is 59.7 Å². The summed E-state index contributed by atoms with van der Waals surface area (Å²) in [7, 11) is -1.90. The number of carbonyl (C=O) groups is 1. The molecule has 1 fully saturated rings. The Bertz CT molecular complexity index is 937. The van der Waals surface area contributed by atoms with Crippen LogP contribution in [0.4, 0.5) is 0 Å². The van der Waals surface area contributed by atoms with Gasteiger partial charge in [-0.2, -0.15) is 4.31 Å². The fourth-order valence-electron chi connectivity index (χ4n) is 3.30. The van der Waals surface area contributed by atoms with Crippen LogP contribution in [0.15, 0.2) is 53.4 Å². The number of carbonyl (C=O) groups excluding carboxylic acids is 1. The lowest BCUT2D eigenvalue weighted by Gasteiger charge is -2.34. The number of piperazine rings is 1. The first-order valence-corrected chi connectivity index (χ1v) is 11.0. The van der Waals surface area contributed by atoms with Crippen LogP contribution in [0, 0.1) is 6.92 Å². The van der Waals surface area contributed by atoms with Gasteiger partial charge in [0.1, 0.15) is 5.75 Å². The molecule has 1 N–H and O–H groups in total. The maximum absolute atomic E-state index is 12.8. The van der Waals surface area contributed by atoms with Gasteiger partial charge in [-0.1, -0.05) is 35.9 Å². The molecule has 0 aliphatic carbocycles. The number of para-hydroxylation sites is 1. The fraction of sp³-hybridized carbons (Fsp3) is 0.381. The minimum Gasteiger partial charge on any atom is -0.496 e. The molecule has 7 nitrogen and oxygen atoms in total. The number of benzene rings is 2. The van der Waals surface area contributed by atoms with Gasteiger partial charge in [0.2, 0.25) is 15.9 Å². The Labute approximate surface area is 172 Å². The number of sulfonamides is 1. The average Bonchev–Trinajstić information content (AvgIpc) is 2.74. The molecule has 8 heteroatoms. The van der Waals surface area contributed by atoms with E-state index < -0.39 is 10.0 Å². The number of aryl methyl sites for hydroxylation is 1. The van der Waals surface area contributed by atoms with E-state index >= 15 is 0 Å². The van der Waals surface area contributed by atoms with Crippen molar-refractivity contribution in [2.75, 3.05) is 39.8 Å². The highest BCUT2D eigenvalue weighted by molar-refractivity contribution is 7.89. The van der Waals surface area contributed by atoms with Gasteiger partial charge in [-0.15, -0.1) is 0 Å². The monoisotopic (exact) mass is 417 g/mol. The van der Waals surface area contributed by atoms with Crippen molar-refractivity contribution in [2.24, 2.45) is 0 Å². The Morgan fingerprint density at radius 3 is 2.34 bits per heavy atom. The van der Waals surface area contributed by atoms with Crippen molar-refractivity contribution in [1.82, 2.24) is 14.5 Å². The van der Waals surface area contributed by atoms with Crippen LogP contribution in [0.3, 0.4) is 0 Å². The zero-order chi connectivity index (χ0) is 20.9. The molecule has 0 bridgehead atoms. The summed E-state index contributed by atoms with van der Waals surface area (Å²) in [5.74, 6) is 0.745. The molecule has 3 rings (SSSR count). The molecule has 1 amide bonds. The molecule has 0 unspecified atom stereocenters. The number of hydrogen-bond donors (Lipinski definition) is 1. The second-order valence-corrected chi connectivity index (χ2v) is 8.95. The summed E-state index contributed by atoms with van der Waals surface area (Å²) in [5.41, 5.74) is 2.00. The average molecular weight is 418 g/mol. The lowest BCUT2D eigenvalue weighted by atomic mass is 10.2. The van der Waals surface area contributed by atoms with Crippen LogP contribution in [-0.4, -0.2) is 63.4 Å². The maximum atomic E-state index is 12.8. The van der Waals surface area contributed by atoms with E-state index in [1.54, 1.807) is 36.3 Å². The molecule has 2 aromatic carbocycles. The normalized spacial score (nSPS) is 15.3. The molecule has 0 aromatic heterocycles. The van der Waals surface area contributed by atoms with Gasteiger partial charge in [0.15, 0.2) is 0 Å². The molecular formula is C21H27N3O4S. The Hall–Kier alpha value is -2.42. The molecular weight excluding hydrogens is 390 g/mol. The Balaban J connectivity index is 1.50. The summed E-state index contributed by atoms with van der Waals surface area (Å²) < 4.78 is 32.3. The summed E-state index contributed by atoms with van der Waals surface area (Å²) >= 11 is 0. The zero-order valence-corrected chi connectivity index (χ0v) is 17.6. The third-order valence-corrected chi connectivity index (χ3v) is 6.95. The molecule has 29 heavy (non-hydrogen) atoms. The third kappa shape index (κ3) is 5.14. The minimum absolute atomic E-state index is 0.0349. The molecule has 0 radical (unpaired) electrons. The third-order valence-electron chi connectivity index (χ3n) is 5.03. The van der Waals surface area contributed by atoms with Crippen molar-refractivity contribution < 1.29 is 17.9 Å². The fourth-order valence-corrected chi connectivity index (χ4v) is 4.72. The van der Waals surface area contributed by atoms with E-state index in [-0.39, 0.29) is 12.5 Å². The second kappa shape index (κ2) is 9.39. The number of rotatable bonds is 7. The summed E-state index contributed by atoms with van der Waals surface area (Å²) in [6, 6.07) is 14.5. The largest absolute Gasteiger partial charge is 0.496 e. The quantitative estimate of drug-likeness (QED) is 0.741. The number of hydrogen-bond acceptors (Lipinski definition) is 5. The van der Waals surface area contributed by atoms with E-state index in [9.17, 15) is 13.2 Å². The predicted molar refractivity (Wildman–Crippen MR) is 111 cm³/mol. The lowest BCUT2D eigenvalue weighted by molar-refractivity contribution is -0.131. The van der Waals surface area contributed by atoms with Gasteiger partial charge in [0.05, 0.1) is 18.6 Å². The van der Waals surface area contributed by atoms with E-state index in [0.29, 0.717) is 37.6 Å². The SMILES string of the molecule is COc1ccccc1CNCC(=O)N1CCN(S(=O)(=O)c2ccc(C)cc2)CC1. The van der Waals surface area contributed by atoms with E-state index in [2.05, 4.69) is 5.32 Å². The highest BCUT2D eigenvalue weighted by Crippen LogP contribution is 2.19. The zero-order valence-electron chi connectivity index (χ0n) is 16.8. The molecule has 1 aliphatic heterocycles. The van der Waals surface area contributed by atoms with Crippen molar-refractivity contribution >= 4 is 15.9 Å². The number of methoxy groups -OCH3 is 1. The maximum Gasteiger partial charge on any atom is 0.243 e. The summed E-state index contributed by atoms with van der Waals surface area (Å²) in [5, 5.41) is 3.14. The van der Waals surface area contributed by atoms with Crippen molar-refractivity contribution in [3.8, 4) is 5.75 Å². The summed E-state index contributed by atoms with van der Waals surface area (Å²) in [6.45, 7) is 4.02. The van der Waals surface area contributed by atoms with Crippen molar-refractivity contribution in [1.29, 1.82) is 0 Å². The van der Waals surface area contributed by atoms with Crippen LogP contribution in [0.5, 0.6) is 5.75 Å².